The molecular weight excluding hydrogens is 494 g/mol. The van der Waals surface area contributed by atoms with Crippen molar-refractivity contribution >= 4 is 11.6 Å². The number of hydrogen-bond acceptors (Lipinski definition) is 7. The molecule has 0 bridgehead atoms. The van der Waals surface area contributed by atoms with Gasteiger partial charge in [0, 0.05) is 19.1 Å². The smallest absolute Gasteiger partial charge is 0.163 e. The number of aromatic hydroxyl groups is 2. The van der Waals surface area contributed by atoms with Crippen molar-refractivity contribution in [2.24, 2.45) is 0 Å². The Kier molecular flexibility index (Phi) is 12.3. The summed E-state index contributed by atoms with van der Waals surface area (Å²) >= 11 is 0. The van der Waals surface area contributed by atoms with Gasteiger partial charge >= 0.3 is 0 Å². The number of nitrogens with zero attached hydrogens (tertiary/aromatic N) is 1. The number of ketones is 2. The van der Waals surface area contributed by atoms with Crippen LogP contribution in [-0.2, 0) is 13.2 Å². The SMILES string of the molecule is CC#N.CC(=O)c1ccc(O)cc1O.CC(=O)c1ccc(OCc2ccccc2)cc1OCc1ccccc1. The quantitative estimate of drug-likeness (QED) is 0.241. The molecule has 39 heavy (non-hydrogen) atoms. The molecule has 0 amide bonds. The van der Waals surface area contributed by atoms with Crippen LogP contribution >= 0.6 is 0 Å². The highest BCUT2D eigenvalue weighted by Gasteiger charge is 2.11. The van der Waals surface area contributed by atoms with Gasteiger partial charge in [0.1, 0.15) is 36.2 Å². The lowest BCUT2D eigenvalue weighted by molar-refractivity contribution is 0.100. The molecule has 0 spiro atoms. The fraction of sp³-hybridized carbons (Fsp3) is 0.156. The zero-order valence-corrected chi connectivity index (χ0v) is 22.1. The van der Waals surface area contributed by atoms with E-state index in [1.807, 2.05) is 60.7 Å². The van der Waals surface area contributed by atoms with Crippen molar-refractivity contribution in [3.63, 3.8) is 0 Å². The summed E-state index contributed by atoms with van der Waals surface area (Å²) < 4.78 is 11.7. The van der Waals surface area contributed by atoms with Crippen LogP contribution in [0.15, 0.2) is 97.1 Å². The second-order valence-corrected chi connectivity index (χ2v) is 8.24. The maximum atomic E-state index is 11.8. The van der Waals surface area contributed by atoms with E-state index in [1.54, 1.807) is 24.3 Å². The van der Waals surface area contributed by atoms with Crippen molar-refractivity contribution in [1.82, 2.24) is 0 Å². The van der Waals surface area contributed by atoms with E-state index in [0.717, 1.165) is 17.2 Å². The maximum Gasteiger partial charge on any atom is 0.163 e. The molecule has 0 aliphatic rings. The van der Waals surface area contributed by atoms with E-state index in [1.165, 1.54) is 32.9 Å². The highest BCUT2D eigenvalue weighted by molar-refractivity contribution is 5.97. The molecule has 0 saturated carbocycles. The predicted octanol–water partition coefficient (Wildman–Crippen LogP) is 6.88. The summed E-state index contributed by atoms with van der Waals surface area (Å²) in [4.78, 5) is 22.6. The van der Waals surface area contributed by atoms with Crippen LogP contribution in [-0.4, -0.2) is 21.8 Å². The standard InChI is InChI=1S/C22H20O3.C8H8O3.C2H3N/c1-17(23)21-13-12-20(24-15-18-8-4-2-5-9-18)14-22(21)25-16-19-10-6-3-7-11-19;1-5(9)7-3-2-6(10)4-8(7)11;1-2-3/h2-14H,15-16H2,1H3;2-4,10-11H,1H3;1H3. The molecular formula is C32H31NO6. The van der Waals surface area contributed by atoms with E-state index >= 15 is 0 Å². The van der Waals surface area contributed by atoms with E-state index in [9.17, 15) is 9.59 Å². The number of nitriles is 1. The van der Waals surface area contributed by atoms with Crippen molar-refractivity contribution < 1.29 is 29.3 Å². The van der Waals surface area contributed by atoms with Gasteiger partial charge in [-0.1, -0.05) is 60.7 Å². The highest BCUT2D eigenvalue weighted by Crippen LogP contribution is 2.27. The Morgan fingerprint density at radius 1 is 0.718 bits per heavy atom. The lowest BCUT2D eigenvalue weighted by Crippen LogP contribution is -2.03. The first-order chi connectivity index (χ1) is 18.7. The largest absolute Gasteiger partial charge is 0.508 e. The molecule has 0 aliphatic heterocycles. The van der Waals surface area contributed by atoms with E-state index in [-0.39, 0.29) is 28.6 Å². The minimum Gasteiger partial charge on any atom is -0.508 e. The van der Waals surface area contributed by atoms with E-state index in [4.69, 9.17) is 24.9 Å². The number of Topliss-reactive ketones (excluding diaryl/α,β-unsaturated/α-hetero) is 2. The Morgan fingerprint density at radius 2 is 1.21 bits per heavy atom. The summed E-state index contributed by atoms with van der Waals surface area (Å²) in [5.41, 5.74) is 2.92. The molecule has 0 aliphatic carbocycles. The molecule has 7 nitrogen and oxygen atoms in total. The number of benzene rings is 4. The van der Waals surface area contributed by atoms with Gasteiger partial charge in [0.25, 0.3) is 0 Å². The fourth-order valence-corrected chi connectivity index (χ4v) is 3.30. The van der Waals surface area contributed by atoms with Crippen molar-refractivity contribution in [1.29, 1.82) is 5.26 Å². The maximum absolute atomic E-state index is 11.8. The van der Waals surface area contributed by atoms with Gasteiger partial charge < -0.3 is 19.7 Å². The van der Waals surface area contributed by atoms with Crippen LogP contribution in [0.3, 0.4) is 0 Å². The van der Waals surface area contributed by atoms with Crippen molar-refractivity contribution in [3.05, 3.63) is 119 Å². The second kappa shape index (κ2) is 15.9. The minimum atomic E-state index is -0.220. The number of phenols is 2. The lowest BCUT2D eigenvalue weighted by atomic mass is 10.1. The molecule has 4 rings (SSSR count). The molecule has 0 saturated heterocycles. The average molecular weight is 526 g/mol. The van der Waals surface area contributed by atoms with Gasteiger partial charge in [0.15, 0.2) is 11.6 Å². The van der Waals surface area contributed by atoms with Crippen LogP contribution in [0.25, 0.3) is 0 Å². The van der Waals surface area contributed by atoms with Gasteiger partial charge in [-0.15, -0.1) is 0 Å². The van der Waals surface area contributed by atoms with Gasteiger partial charge in [-0.3, -0.25) is 9.59 Å². The molecule has 0 aromatic heterocycles. The predicted molar refractivity (Wildman–Crippen MR) is 149 cm³/mol. The number of carbonyl (C=O) groups is 2. The zero-order valence-electron chi connectivity index (χ0n) is 22.1. The Balaban J connectivity index is 0.000000317. The van der Waals surface area contributed by atoms with Gasteiger partial charge in [-0.2, -0.15) is 5.26 Å². The van der Waals surface area contributed by atoms with Crippen molar-refractivity contribution in [3.8, 4) is 29.1 Å². The molecule has 0 radical (unpaired) electrons. The number of rotatable bonds is 8. The summed E-state index contributed by atoms with van der Waals surface area (Å²) in [7, 11) is 0. The van der Waals surface area contributed by atoms with Gasteiger partial charge in [0.2, 0.25) is 0 Å². The molecule has 0 unspecified atom stereocenters. The van der Waals surface area contributed by atoms with Gasteiger partial charge in [-0.25, -0.2) is 0 Å². The van der Waals surface area contributed by atoms with Crippen LogP contribution in [0.1, 0.15) is 52.6 Å². The molecule has 200 valence electrons. The first kappa shape index (κ1) is 30.1. The fourth-order valence-electron chi connectivity index (χ4n) is 3.30. The highest BCUT2D eigenvalue weighted by atomic mass is 16.5. The topological polar surface area (TPSA) is 117 Å². The first-order valence-corrected chi connectivity index (χ1v) is 12.1. The summed E-state index contributed by atoms with van der Waals surface area (Å²) in [5.74, 6) is 0.740. The summed E-state index contributed by atoms with van der Waals surface area (Å²) in [5, 5.41) is 25.2. The van der Waals surface area contributed by atoms with Crippen LogP contribution < -0.4 is 9.47 Å². The molecule has 7 heteroatoms. The summed E-state index contributed by atoms with van der Waals surface area (Å²) in [6.45, 7) is 5.20. The van der Waals surface area contributed by atoms with Crippen LogP contribution in [0, 0.1) is 11.3 Å². The van der Waals surface area contributed by atoms with Crippen molar-refractivity contribution in [2.45, 2.75) is 34.0 Å². The normalized spacial score (nSPS) is 9.49. The summed E-state index contributed by atoms with van der Waals surface area (Å²) in [6, 6.07) is 30.8. The Hall–Kier alpha value is -5.09. The zero-order chi connectivity index (χ0) is 28.6. The third kappa shape index (κ3) is 10.4. The average Bonchev–Trinajstić information content (AvgIpc) is 2.92. The Bertz CT molecular complexity index is 1400. The van der Waals surface area contributed by atoms with Gasteiger partial charge in [0.05, 0.1) is 17.2 Å². The molecule has 4 aromatic carbocycles. The molecule has 0 atom stereocenters. The number of hydrogen-bond donors (Lipinski definition) is 2. The molecule has 4 aromatic rings. The van der Waals surface area contributed by atoms with E-state index in [2.05, 4.69) is 0 Å². The monoisotopic (exact) mass is 525 g/mol. The van der Waals surface area contributed by atoms with Crippen LogP contribution in [0.2, 0.25) is 0 Å². The van der Waals surface area contributed by atoms with Crippen LogP contribution in [0.4, 0.5) is 0 Å². The Morgan fingerprint density at radius 3 is 1.69 bits per heavy atom. The number of ether oxygens (including phenoxy) is 2. The molecule has 2 N–H and O–H groups in total. The van der Waals surface area contributed by atoms with E-state index < -0.39 is 0 Å². The van der Waals surface area contributed by atoms with Gasteiger partial charge in [-0.05, 0) is 49.2 Å². The number of phenolic OH excluding ortho intramolecular Hbond substituents is 2. The first-order valence-electron chi connectivity index (χ1n) is 12.1. The third-order valence-electron chi connectivity index (χ3n) is 5.18. The molecule has 0 heterocycles. The van der Waals surface area contributed by atoms with Crippen molar-refractivity contribution in [2.75, 3.05) is 0 Å². The third-order valence-corrected chi connectivity index (χ3v) is 5.18. The molecule has 0 fully saturated rings. The summed E-state index contributed by atoms with van der Waals surface area (Å²) in [6.07, 6.45) is 0. The van der Waals surface area contributed by atoms with Crippen LogP contribution in [0.5, 0.6) is 23.0 Å². The Labute approximate surface area is 228 Å². The second-order valence-electron chi connectivity index (χ2n) is 8.24. The minimum absolute atomic E-state index is 0.0299. The lowest BCUT2D eigenvalue weighted by Gasteiger charge is -2.13. The number of carbonyl (C=O) groups excluding carboxylic acids is 2. The van der Waals surface area contributed by atoms with E-state index in [0.29, 0.717) is 30.3 Å².